The number of phenols is 1. The van der Waals surface area contributed by atoms with Crippen LogP contribution in [0.4, 0.5) is 0 Å². The molecule has 0 bridgehead atoms. The van der Waals surface area contributed by atoms with Crippen molar-refractivity contribution in [1.82, 2.24) is 4.57 Å². The summed E-state index contributed by atoms with van der Waals surface area (Å²) >= 11 is 5.96. The summed E-state index contributed by atoms with van der Waals surface area (Å²) in [6.07, 6.45) is 3.03. The van der Waals surface area contributed by atoms with E-state index in [1.165, 1.54) is 27.7 Å². The summed E-state index contributed by atoms with van der Waals surface area (Å²) in [6, 6.07) is 13.7. The second-order valence-electron chi connectivity index (χ2n) is 6.04. The zero-order valence-electron chi connectivity index (χ0n) is 13.6. The topological polar surface area (TPSA) is 25.2 Å². The standard InChI is InChI=1S/C20H22ClNO/c1-3-12-22-14(2)18(19-13-17(23)9-11-20(19)22)10-6-15-4-7-16(21)8-5-15/h4-5,7-9,11,13,23H,3,6,10,12H2,1-2H3. The van der Waals surface area contributed by atoms with Gasteiger partial charge in [0.1, 0.15) is 5.75 Å². The zero-order valence-corrected chi connectivity index (χ0v) is 14.4. The molecule has 2 aromatic carbocycles. The van der Waals surface area contributed by atoms with Crippen LogP contribution in [0.1, 0.15) is 30.2 Å². The molecule has 0 spiro atoms. The van der Waals surface area contributed by atoms with Crippen molar-refractivity contribution >= 4 is 22.5 Å². The monoisotopic (exact) mass is 327 g/mol. The van der Waals surface area contributed by atoms with Crippen molar-refractivity contribution in [3.05, 3.63) is 64.3 Å². The Morgan fingerprint density at radius 2 is 1.78 bits per heavy atom. The molecule has 0 fully saturated rings. The lowest BCUT2D eigenvalue weighted by molar-refractivity contribution is 0.476. The van der Waals surface area contributed by atoms with Crippen LogP contribution in [-0.4, -0.2) is 9.67 Å². The molecule has 0 aliphatic rings. The lowest BCUT2D eigenvalue weighted by atomic mass is 10.0. The van der Waals surface area contributed by atoms with Gasteiger partial charge in [-0.25, -0.2) is 0 Å². The number of rotatable bonds is 5. The van der Waals surface area contributed by atoms with Crippen LogP contribution in [0.25, 0.3) is 10.9 Å². The van der Waals surface area contributed by atoms with Gasteiger partial charge in [0.2, 0.25) is 0 Å². The average Bonchev–Trinajstić information content (AvgIpc) is 2.79. The van der Waals surface area contributed by atoms with E-state index < -0.39 is 0 Å². The van der Waals surface area contributed by atoms with E-state index in [9.17, 15) is 5.11 Å². The molecule has 0 atom stereocenters. The Kier molecular flexibility index (Phi) is 4.63. The maximum absolute atomic E-state index is 9.88. The van der Waals surface area contributed by atoms with Crippen molar-refractivity contribution in [3.63, 3.8) is 0 Å². The van der Waals surface area contributed by atoms with E-state index in [2.05, 4.69) is 30.5 Å². The highest BCUT2D eigenvalue weighted by Gasteiger charge is 2.14. The molecule has 3 rings (SSSR count). The zero-order chi connectivity index (χ0) is 16.4. The summed E-state index contributed by atoms with van der Waals surface area (Å²) in [5, 5.41) is 11.8. The molecule has 1 aromatic heterocycles. The summed E-state index contributed by atoms with van der Waals surface area (Å²) in [5.41, 5.74) is 5.14. The first kappa shape index (κ1) is 15.9. The summed E-state index contributed by atoms with van der Waals surface area (Å²) in [5.74, 6) is 0.332. The molecule has 1 heterocycles. The smallest absolute Gasteiger partial charge is 0.116 e. The largest absolute Gasteiger partial charge is 0.508 e. The van der Waals surface area contributed by atoms with Crippen molar-refractivity contribution in [2.45, 2.75) is 39.7 Å². The number of aromatic hydroxyl groups is 1. The Balaban J connectivity index is 1.97. The number of benzene rings is 2. The van der Waals surface area contributed by atoms with Gasteiger partial charge < -0.3 is 9.67 Å². The van der Waals surface area contributed by atoms with Crippen LogP contribution in [0.5, 0.6) is 5.75 Å². The third-order valence-corrected chi connectivity index (χ3v) is 4.71. The lowest BCUT2D eigenvalue weighted by Gasteiger charge is -2.07. The van der Waals surface area contributed by atoms with Crippen molar-refractivity contribution in [2.75, 3.05) is 0 Å². The van der Waals surface area contributed by atoms with E-state index in [0.717, 1.165) is 30.8 Å². The lowest BCUT2D eigenvalue weighted by Crippen LogP contribution is -2.00. The number of fused-ring (bicyclic) bond motifs is 1. The van der Waals surface area contributed by atoms with E-state index in [1.54, 1.807) is 6.07 Å². The predicted molar refractivity (Wildman–Crippen MR) is 97.5 cm³/mol. The van der Waals surface area contributed by atoms with Gasteiger partial charge in [0.05, 0.1) is 0 Å². The minimum Gasteiger partial charge on any atom is -0.508 e. The van der Waals surface area contributed by atoms with Gasteiger partial charge >= 0.3 is 0 Å². The molecule has 0 saturated carbocycles. The summed E-state index contributed by atoms with van der Waals surface area (Å²) in [4.78, 5) is 0. The summed E-state index contributed by atoms with van der Waals surface area (Å²) in [7, 11) is 0. The van der Waals surface area contributed by atoms with Gasteiger partial charge in [-0.2, -0.15) is 0 Å². The first-order valence-electron chi connectivity index (χ1n) is 8.15. The SMILES string of the molecule is CCCn1c(C)c(CCc2ccc(Cl)cc2)c2cc(O)ccc21. The Labute approximate surface area is 142 Å². The molecule has 0 aliphatic carbocycles. The van der Waals surface area contributed by atoms with Gasteiger partial charge in [-0.15, -0.1) is 0 Å². The van der Waals surface area contributed by atoms with Crippen LogP contribution in [0.15, 0.2) is 42.5 Å². The average molecular weight is 328 g/mol. The number of aryl methyl sites for hydroxylation is 3. The second-order valence-corrected chi connectivity index (χ2v) is 6.48. The Morgan fingerprint density at radius 3 is 2.48 bits per heavy atom. The number of phenolic OH excluding ortho intramolecular Hbond substituents is 1. The number of hydrogen-bond acceptors (Lipinski definition) is 1. The quantitative estimate of drug-likeness (QED) is 0.657. The molecule has 2 nitrogen and oxygen atoms in total. The molecule has 23 heavy (non-hydrogen) atoms. The van der Waals surface area contributed by atoms with E-state index >= 15 is 0 Å². The third-order valence-electron chi connectivity index (χ3n) is 4.46. The molecule has 0 amide bonds. The molecule has 1 N–H and O–H groups in total. The van der Waals surface area contributed by atoms with Crippen molar-refractivity contribution in [2.24, 2.45) is 0 Å². The van der Waals surface area contributed by atoms with Crippen LogP contribution >= 0.6 is 11.6 Å². The minimum absolute atomic E-state index is 0.332. The molecular formula is C20H22ClNO. The maximum atomic E-state index is 9.88. The Hall–Kier alpha value is -1.93. The predicted octanol–water partition coefficient (Wildman–Crippen LogP) is 5.50. The summed E-state index contributed by atoms with van der Waals surface area (Å²) < 4.78 is 2.37. The van der Waals surface area contributed by atoms with E-state index in [1.807, 2.05) is 24.3 Å². The van der Waals surface area contributed by atoms with Crippen molar-refractivity contribution in [3.8, 4) is 5.75 Å². The van der Waals surface area contributed by atoms with E-state index in [4.69, 9.17) is 11.6 Å². The number of aromatic nitrogens is 1. The minimum atomic E-state index is 0.332. The van der Waals surface area contributed by atoms with Crippen molar-refractivity contribution < 1.29 is 5.11 Å². The van der Waals surface area contributed by atoms with Crippen LogP contribution < -0.4 is 0 Å². The van der Waals surface area contributed by atoms with E-state index in [0.29, 0.717) is 5.75 Å². The van der Waals surface area contributed by atoms with E-state index in [-0.39, 0.29) is 0 Å². The van der Waals surface area contributed by atoms with Crippen LogP contribution in [0.2, 0.25) is 5.02 Å². The molecule has 0 radical (unpaired) electrons. The maximum Gasteiger partial charge on any atom is 0.116 e. The molecule has 3 heteroatoms. The van der Waals surface area contributed by atoms with Gasteiger partial charge in [0, 0.05) is 28.2 Å². The van der Waals surface area contributed by atoms with Gasteiger partial charge in [-0.05, 0) is 67.6 Å². The molecular weight excluding hydrogens is 306 g/mol. The van der Waals surface area contributed by atoms with Crippen molar-refractivity contribution in [1.29, 1.82) is 0 Å². The third kappa shape index (κ3) is 3.23. The first-order chi connectivity index (χ1) is 11.1. The molecule has 0 unspecified atom stereocenters. The second kappa shape index (κ2) is 6.67. The first-order valence-corrected chi connectivity index (χ1v) is 8.53. The fraction of sp³-hybridized carbons (Fsp3) is 0.300. The number of hydrogen-bond donors (Lipinski definition) is 1. The number of nitrogens with zero attached hydrogens (tertiary/aromatic N) is 1. The Morgan fingerprint density at radius 1 is 1.04 bits per heavy atom. The highest BCUT2D eigenvalue weighted by molar-refractivity contribution is 6.30. The molecule has 120 valence electrons. The summed E-state index contributed by atoms with van der Waals surface area (Å²) in [6.45, 7) is 5.39. The highest BCUT2D eigenvalue weighted by atomic mass is 35.5. The van der Waals surface area contributed by atoms with Gasteiger partial charge in [-0.1, -0.05) is 30.7 Å². The van der Waals surface area contributed by atoms with Crippen LogP contribution in [0.3, 0.4) is 0 Å². The van der Waals surface area contributed by atoms with Gasteiger partial charge in [-0.3, -0.25) is 0 Å². The van der Waals surface area contributed by atoms with Crippen LogP contribution in [-0.2, 0) is 19.4 Å². The fourth-order valence-electron chi connectivity index (χ4n) is 3.29. The number of halogens is 1. The van der Waals surface area contributed by atoms with Gasteiger partial charge in [0.15, 0.2) is 0 Å². The molecule has 3 aromatic rings. The highest BCUT2D eigenvalue weighted by Crippen LogP contribution is 2.30. The fourth-order valence-corrected chi connectivity index (χ4v) is 3.41. The van der Waals surface area contributed by atoms with Gasteiger partial charge in [0.25, 0.3) is 0 Å². The molecule has 0 aliphatic heterocycles. The van der Waals surface area contributed by atoms with Crippen LogP contribution in [0, 0.1) is 6.92 Å². The normalized spacial score (nSPS) is 11.3. The molecule has 0 saturated heterocycles. The Bertz CT molecular complexity index is 818.